The number of hydrogen-bond acceptors (Lipinski definition) is 4. The normalized spacial score (nSPS) is 21.4. The van der Waals surface area contributed by atoms with Crippen LogP contribution in [0.3, 0.4) is 0 Å². The highest BCUT2D eigenvalue weighted by atomic mass is 31.2. The summed E-state index contributed by atoms with van der Waals surface area (Å²) in [6.45, 7) is 8.34. The molecule has 0 aromatic heterocycles. The molecule has 1 rings (SSSR count). The zero-order valence-electron chi connectivity index (χ0n) is 10.5. The largest absolute Gasteiger partial charge is 0.494 e. The van der Waals surface area contributed by atoms with E-state index in [1.165, 1.54) is 0 Å². The van der Waals surface area contributed by atoms with Crippen molar-refractivity contribution in [3.63, 3.8) is 0 Å². The van der Waals surface area contributed by atoms with Gasteiger partial charge in [-0.3, -0.25) is 4.57 Å². The van der Waals surface area contributed by atoms with Crippen molar-refractivity contribution in [1.29, 1.82) is 0 Å². The highest BCUT2D eigenvalue weighted by molar-refractivity contribution is 7.58. The Morgan fingerprint density at radius 3 is 2.31 bits per heavy atom. The summed E-state index contributed by atoms with van der Waals surface area (Å²) < 4.78 is 28.8. The van der Waals surface area contributed by atoms with Gasteiger partial charge in [0.25, 0.3) is 0 Å². The summed E-state index contributed by atoms with van der Waals surface area (Å²) in [7, 11) is -3.12. The molecular formula is C11H21O4P. The first-order valence-electron chi connectivity index (χ1n) is 5.85. The average molecular weight is 248 g/mol. The van der Waals surface area contributed by atoms with Crippen LogP contribution in [0.1, 0.15) is 40.5 Å². The van der Waals surface area contributed by atoms with E-state index in [-0.39, 0.29) is 6.10 Å². The Hall–Kier alpha value is -0.310. The van der Waals surface area contributed by atoms with Gasteiger partial charge >= 0.3 is 7.60 Å². The first-order valence-corrected chi connectivity index (χ1v) is 7.40. The molecule has 1 atom stereocenters. The minimum Gasteiger partial charge on any atom is -0.494 e. The summed E-state index contributed by atoms with van der Waals surface area (Å²) in [5.41, 5.74) is 0. The van der Waals surface area contributed by atoms with Crippen molar-refractivity contribution in [2.75, 3.05) is 13.2 Å². The fourth-order valence-electron chi connectivity index (χ4n) is 1.82. The fourth-order valence-corrected chi connectivity index (χ4v) is 3.89. The van der Waals surface area contributed by atoms with Crippen LogP contribution in [0.4, 0.5) is 0 Å². The molecule has 1 unspecified atom stereocenters. The molecule has 5 heteroatoms. The summed E-state index contributed by atoms with van der Waals surface area (Å²) in [4.78, 5) is 0. The predicted octanol–water partition coefficient (Wildman–Crippen LogP) is 3.68. The van der Waals surface area contributed by atoms with Crippen LogP contribution in [0.5, 0.6) is 0 Å². The first kappa shape index (κ1) is 13.8. The van der Waals surface area contributed by atoms with E-state index in [1.807, 2.05) is 27.7 Å². The fraction of sp³-hybridized carbons (Fsp3) is 0.818. The molecular weight excluding hydrogens is 227 g/mol. The van der Waals surface area contributed by atoms with Crippen LogP contribution >= 0.6 is 7.60 Å². The zero-order chi connectivity index (χ0) is 12.2. The summed E-state index contributed by atoms with van der Waals surface area (Å²) in [6, 6.07) is 0. The predicted molar refractivity (Wildman–Crippen MR) is 63.3 cm³/mol. The number of ether oxygens (including phenoxy) is 1. The lowest BCUT2D eigenvalue weighted by molar-refractivity contribution is 0.154. The van der Waals surface area contributed by atoms with Crippen LogP contribution < -0.4 is 0 Å². The molecule has 94 valence electrons. The van der Waals surface area contributed by atoms with Crippen molar-refractivity contribution >= 4 is 7.60 Å². The molecule has 1 aliphatic heterocycles. The SMILES string of the molecule is CCOP(=O)(OCC)C1=C(CC)OC(C)C1. The quantitative estimate of drug-likeness (QED) is 0.672. The lowest BCUT2D eigenvalue weighted by atomic mass is 10.3. The second-order valence-electron chi connectivity index (χ2n) is 3.69. The number of hydrogen-bond donors (Lipinski definition) is 0. The van der Waals surface area contributed by atoms with Crippen molar-refractivity contribution < 1.29 is 18.3 Å². The van der Waals surface area contributed by atoms with Gasteiger partial charge in [0.05, 0.1) is 24.6 Å². The van der Waals surface area contributed by atoms with Crippen LogP contribution in [0.25, 0.3) is 0 Å². The third-order valence-electron chi connectivity index (χ3n) is 2.40. The molecule has 1 aliphatic rings. The van der Waals surface area contributed by atoms with E-state index >= 15 is 0 Å². The van der Waals surface area contributed by atoms with Crippen molar-refractivity contribution in [3.8, 4) is 0 Å². The Kier molecular flexibility index (Phi) is 5.03. The standard InChI is InChI=1S/C11H21O4P/c1-5-10-11(8-9(4)15-10)16(12,13-6-2)14-7-3/h9H,5-8H2,1-4H3. The molecule has 0 saturated carbocycles. The van der Waals surface area contributed by atoms with Crippen LogP contribution in [0, 0.1) is 0 Å². The van der Waals surface area contributed by atoms with Gasteiger partial charge in [0.1, 0.15) is 5.76 Å². The van der Waals surface area contributed by atoms with Gasteiger partial charge in [-0.15, -0.1) is 0 Å². The van der Waals surface area contributed by atoms with Crippen molar-refractivity contribution in [1.82, 2.24) is 0 Å². The molecule has 4 nitrogen and oxygen atoms in total. The summed E-state index contributed by atoms with van der Waals surface area (Å²) in [6.07, 6.45) is 1.43. The van der Waals surface area contributed by atoms with Gasteiger partial charge < -0.3 is 13.8 Å². The smallest absolute Gasteiger partial charge is 0.360 e. The van der Waals surface area contributed by atoms with Gasteiger partial charge in [-0.1, -0.05) is 6.92 Å². The van der Waals surface area contributed by atoms with E-state index in [2.05, 4.69) is 0 Å². The van der Waals surface area contributed by atoms with E-state index in [4.69, 9.17) is 13.8 Å². The molecule has 0 aromatic carbocycles. The van der Waals surface area contributed by atoms with Gasteiger partial charge in [0.2, 0.25) is 0 Å². The molecule has 16 heavy (non-hydrogen) atoms. The third-order valence-corrected chi connectivity index (χ3v) is 4.69. The second kappa shape index (κ2) is 5.85. The average Bonchev–Trinajstić information content (AvgIpc) is 2.61. The van der Waals surface area contributed by atoms with Gasteiger partial charge in [-0.25, -0.2) is 0 Å². The number of rotatable bonds is 6. The van der Waals surface area contributed by atoms with Crippen LogP contribution in [-0.4, -0.2) is 19.3 Å². The molecule has 0 spiro atoms. The molecule has 0 bridgehead atoms. The first-order chi connectivity index (χ1) is 7.57. The Morgan fingerprint density at radius 2 is 1.88 bits per heavy atom. The van der Waals surface area contributed by atoms with E-state index in [9.17, 15) is 4.57 Å². The summed E-state index contributed by atoms with van der Waals surface area (Å²) in [5.74, 6) is 0.776. The lowest BCUT2D eigenvalue weighted by Crippen LogP contribution is -2.01. The molecule has 0 saturated heterocycles. The maximum atomic E-state index is 12.5. The van der Waals surface area contributed by atoms with Gasteiger partial charge in [0.15, 0.2) is 0 Å². The van der Waals surface area contributed by atoms with Crippen LogP contribution in [-0.2, 0) is 18.3 Å². The molecule has 0 fully saturated rings. The van der Waals surface area contributed by atoms with E-state index < -0.39 is 7.60 Å². The van der Waals surface area contributed by atoms with E-state index in [0.717, 1.165) is 17.5 Å². The lowest BCUT2D eigenvalue weighted by Gasteiger charge is -2.18. The highest BCUT2D eigenvalue weighted by Gasteiger charge is 2.38. The van der Waals surface area contributed by atoms with Gasteiger partial charge in [-0.2, -0.15) is 0 Å². The minimum absolute atomic E-state index is 0.0687. The second-order valence-corrected chi connectivity index (χ2v) is 5.74. The molecule has 0 amide bonds. The monoisotopic (exact) mass is 248 g/mol. The van der Waals surface area contributed by atoms with Gasteiger partial charge in [0, 0.05) is 12.8 Å². The topological polar surface area (TPSA) is 44.8 Å². The van der Waals surface area contributed by atoms with E-state index in [0.29, 0.717) is 19.6 Å². The highest BCUT2D eigenvalue weighted by Crippen LogP contribution is 2.61. The zero-order valence-corrected chi connectivity index (χ0v) is 11.4. The maximum absolute atomic E-state index is 12.5. The molecule has 0 aromatic rings. The molecule has 0 N–H and O–H groups in total. The summed E-state index contributed by atoms with van der Waals surface area (Å²) in [5, 5.41) is 0.728. The minimum atomic E-state index is -3.12. The van der Waals surface area contributed by atoms with Crippen molar-refractivity contribution in [2.45, 2.75) is 46.6 Å². The maximum Gasteiger partial charge on any atom is 0.360 e. The Balaban J connectivity index is 2.97. The summed E-state index contributed by atoms with van der Waals surface area (Å²) >= 11 is 0. The van der Waals surface area contributed by atoms with Crippen LogP contribution in [0.2, 0.25) is 0 Å². The molecule has 0 radical (unpaired) electrons. The molecule has 0 aliphatic carbocycles. The van der Waals surface area contributed by atoms with Crippen molar-refractivity contribution in [2.24, 2.45) is 0 Å². The Labute approximate surface area is 97.5 Å². The van der Waals surface area contributed by atoms with Crippen molar-refractivity contribution in [3.05, 3.63) is 11.1 Å². The third kappa shape index (κ3) is 2.88. The van der Waals surface area contributed by atoms with E-state index in [1.54, 1.807) is 0 Å². The Morgan fingerprint density at radius 1 is 1.31 bits per heavy atom. The van der Waals surface area contributed by atoms with Crippen LogP contribution in [0.15, 0.2) is 11.1 Å². The van der Waals surface area contributed by atoms with Gasteiger partial charge in [-0.05, 0) is 20.8 Å². The molecule has 1 heterocycles. The number of allylic oxidation sites excluding steroid dienone is 1. The Bertz CT molecular complexity index is 301.